The summed E-state index contributed by atoms with van der Waals surface area (Å²) < 4.78 is 44.2. The van der Waals surface area contributed by atoms with E-state index in [-0.39, 0.29) is 18.1 Å². The summed E-state index contributed by atoms with van der Waals surface area (Å²) >= 11 is 6.09. The van der Waals surface area contributed by atoms with Crippen molar-refractivity contribution < 1.29 is 17.9 Å². The fourth-order valence-corrected chi connectivity index (χ4v) is 3.83. The highest BCUT2D eigenvalue weighted by molar-refractivity contribution is 6.30. The summed E-state index contributed by atoms with van der Waals surface area (Å²) in [6, 6.07) is 10.9. The summed E-state index contributed by atoms with van der Waals surface area (Å²) in [6.07, 6.45) is -3.54. The highest BCUT2D eigenvalue weighted by atomic mass is 35.5. The molecule has 0 aliphatic carbocycles. The van der Waals surface area contributed by atoms with E-state index in [4.69, 9.17) is 16.3 Å². The Balaban J connectivity index is 1.70. The summed E-state index contributed by atoms with van der Waals surface area (Å²) in [5, 5.41) is 4.10. The first-order valence-corrected chi connectivity index (χ1v) is 8.16. The van der Waals surface area contributed by atoms with Crippen LogP contribution in [0.5, 0.6) is 0 Å². The number of hydrogen-bond donors (Lipinski definition) is 1. The number of halogens is 4. The van der Waals surface area contributed by atoms with Crippen LogP contribution in [0.2, 0.25) is 5.02 Å². The number of fused-ring (bicyclic) bond motifs is 3. The van der Waals surface area contributed by atoms with Crippen LogP contribution in [0, 0.1) is 5.92 Å². The van der Waals surface area contributed by atoms with Gasteiger partial charge in [0.05, 0.1) is 17.7 Å². The van der Waals surface area contributed by atoms with Gasteiger partial charge in [-0.05, 0) is 42.3 Å². The minimum absolute atomic E-state index is 0.0755. The molecule has 1 fully saturated rings. The van der Waals surface area contributed by atoms with Gasteiger partial charge in [0.25, 0.3) is 0 Å². The van der Waals surface area contributed by atoms with Gasteiger partial charge < -0.3 is 10.1 Å². The second-order valence-electron chi connectivity index (χ2n) is 6.22. The Bertz CT molecular complexity index is 760. The van der Waals surface area contributed by atoms with Crippen molar-refractivity contribution in [2.75, 3.05) is 11.9 Å². The third kappa shape index (κ3) is 2.66. The van der Waals surface area contributed by atoms with Gasteiger partial charge in [-0.3, -0.25) is 0 Å². The predicted molar refractivity (Wildman–Crippen MR) is 86.1 cm³/mol. The van der Waals surface area contributed by atoms with Gasteiger partial charge in [-0.25, -0.2) is 0 Å². The largest absolute Gasteiger partial charge is 0.416 e. The molecule has 0 radical (unpaired) electrons. The first-order chi connectivity index (χ1) is 11.4. The van der Waals surface area contributed by atoms with Crippen molar-refractivity contribution in [2.45, 2.75) is 24.7 Å². The lowest BCUT2D eigenvalue weighted by atomic mass is 9.81. The molecular formula is C18H15ClF3NO. The SMILES string of the molecule is FC(F)(F)c1ccc([C@H]2Nc3ccc(Cl)cc3[C@H]3OCC[C@@H]23)cc1. The third-order valence-corrected chi connectivity index (χ3v) is 5.03. The van der Waals surface area contributed by atoms with E-state index in [1.807, 2.05) is 12.1 Å². The highest BCUT2D eigenvalue weighted by Gasteiger charge is 2.41. The van der Waals surface area contributed by atoms with E-state index in [1.165, 1.54) is 0 Å². The molecule has 0 unspecified atom stereocenters. The quantitative estimate of drug-likeness (QED) is 0.720. The molecule has 1 saturated heterocycles. The van der Waals surface area contributed by atoms with Gasteiger partial charge in [-0.15, -0.1) is 0 Å². The monoisotopic (exact) mass is 353 g/mol. The van der Waals surface area contributed by atoms with Gasteiger partial charge in [-0.2, -0.15) is 13.2 Å². The topological polar surface area (TPSA) is 21.3 Å². The molecule has 2 aliphatic heterocycles. The molecule has 2 heterocycles. The summed E-state index contributed by atoms with van der Waals surface area (Å²) in [6.45, 7) is 0.639. The number of anilines is 1. The molecule has 2 aromatic rings. The van der Waals surface area contributed by atoms with E-state index in [9.17, 15) is 13.2 Å². The molecule has 4 rings (SSSR count). The lowest BCUT2D eigenvalue weighted by molar-refractivity contribution is -0.137. The Labute approximate surface area is 142 Å². The molecule has 0 saturated carbocycles. The van der Waals surface area contributed by atoms with Crippen molar-refractivity contribution in [3.8, 4) is 0 Å². The van der Waals surface area contributed by atoms with Crippen molar-refractivity contribution >= 4 is 17.3 Å². The summed E-state index contributed by atoms with van der Waals surface area (Å²) in [7, 11) is 0. The molecule has 1 N–H and O–H groups in total. The standard InChI is InChI=1S/C18H15ClF3NO/c19-12-5-6-15-14(9-12)17-13(7-8-24-17)16(23-15)10-1-3-11(4-2-10)18(20,21)22/h1-6,9,13,16-17,23H,7-8H2/t13-,16+,17-/m0/s1. The average molecular weight is 354 g/mol. The average Bonchev–Trinajstić information content (AvgIpc) is 3.03. The minimum Gasteiger partial charge on any atom is -0.378 e. The molecule has 2 nitrogen and oxygen atoms in total. The first kappa shape index (κ1) is 15.8. The first-order valence-electron chi connectivity index (χ1n) is 7.78. The summed E-state index contributed by atoms with van der Waals surface area (Å²) in [5.41, 5.74) is 2.15. The number of ether oxygens (including phenoxy) is 1. The van der Waals surface area contributed by atoms with Gasteiger partial charge in [0.2, 0.25) is 0 Å². The van der Waals surface area contributed by atoms with Crippen LogP contribution < -0.4 is 5.32 Å². The second kappa shape index (κ2) is 5.67. The molecule has 6 heteroatoms. The van der Waals surface area contributed by atoms with Crippen molar-refractivity contribution in [3.63, 3.8) is 0 Å². The predicted octanol–water partition coefficient (Wildman–Crippen LogP) is 5.60. The normalized spacial score (nSPS) is 25.8. The van der Waals surface area contributed by atoms with E-state index in [0.29, 0.717) is 11.6 Å². The van der Waals surface area contributed by atoms with Crippen molar-refractivity contribution in [2.24, 2.45) is 5.92 Å². The van der Waals surface area contributed by atoms with Crippen LogP contribution in [-0.2, 0) is 10.9 Å². The maximum atomic E-state index is 12.8. The maximum absolute atomic E-state index is 12.8. The zero-order valence-electron chi connectivity index (χ0n) is 12.6. The number of alkyl halides is 3. The van der Waals surface area contributed by atoms with Crippen LogP contribution in [-0.4, -0.2) is 6.61 Å². The Kier molecular flexibility index (Phi) is 3.73. The molecular weight excluding hydrogens is 339 g/mol. The highest BCUT2D eigenvalue weighted by Crippen LogP contribution is 2.50. The van der Waals surface area contributed by atoms with Crippen LogP contribution in [0.15, 0.2) is 42.5 Å². The van der Waals surface area contributed by atoms with Crippen molar-refractivity contribution in [3.05, 3.63) is 64.2 Å². The number of hydrogen-bond acceptors (Lipinski definition) is 2. The lowest BCUT2D eigenvalue weighted by Crippen LogP contribution is -2.29. The number of nitrogens with one attached hydrogen (secondary N) is 1. The smallest absolute Gasteiger partial charge is 0.378 e. The van der Waals surface area contributed by atoms with E-state index in [0.717, 1.165) is 35.4 Å². The van der Waals surface area contributed by atoms with Crippen LogP contribution in [0.25, 0.3) is 0 Å². The Hall–Kier alpha value is -1.72. The van der Waals surface area contributed by atoms with E-state index < -0.39 is 11.7 Å². The van der Waals surface area contributed by atoms with Gasteiger partial charge in [-0.1, -0.05) is 23.7 Å². The maximum Gasteiger partial charge on any atom is 0.416 e. The van der Waals surface area contributed by atoms with Gasteiger partial charge in [0.15, 0.2) is 0 Å². The van der Waals surface area contributed by atoms with Gasteiger partial charge in [0, 0.05) is 28.8 Å². The number of benzene rings is 2. The molecule has 0 amide bonds. The molecule has 2 aromatic carbocycles. The summed E-state index contributed by atoms with van der Waals surface area (Å²) in [4.78, 5) is 0. The summed E-state index contributed by atoms with van der Waals surface area (Å²) in [5.74, 6) is 0.174. The second-order valence-corrected chi connectivity index (χ2v) is 6.65. The van der Waals surface area contributed by atoms with Crippen molar-refractivity contribution in [1.82, 2.24) is 0 Å². The Morgan fingerprint density at radius 3 is 2.54 bits per heavy atom. The van der Waals surface area contributed by atoms with Crippen LogP contribution in [0.3, 0.4) is 0 Å². The minimum atomic E-state index is -4.32. The fourth-order valence-electron chi connectivity index (χ4n) is 3.65. The molecule has 3 atom stereocenters. The molecule has 126 valence electrons. The number of rotatable bonds is 1. The fraction of sp³-hybridized carbons (Fsp3) is 0.333. The molecule has 24 heavy (non-hydrogen) atoms. The molecule has 2 aliphatic rings. The zero-order valence-corrected chi connectivity index (χ0v) is 13.4. The molecule has 0 aromatic heterocycles. The van der Waals surface area contributed by atoms with Crippen LogP contribution in [0.4, 0.5) is 18.9 Å². The van der Waals surface area contributed by atoms with Crippen molar-refractivity contribution in [1.29, 1.82) is 0 Å². The zero-order chi connectivity index (χ0) is 16.9. The van der Waals surface area contributed by atoms with E-state index >= 15 is 0 Å². The van der Waals surface area contributed by atoms with E-state index in [1.54, 1.807) is 18.2 Å². The third-order valence-electron chi connectivity index (χ3n) is 4.79. The van der Waals surface area contributed by atoms with Gasteiger partial charge in [0.1, 0.15) is 0 Å². The van der Waals surface area contributed by atoms with Crippen LogP contribution in [0.1, 0.15) is 35.3 Å². The van der Waals surface area contributed by atoms with Crippen LogP contribution >= 0.6 is 11.6 Å². The van der Waals surface area contributed by atoms with Gasteiger partial charge >= 0.3 is 6.18 Å². The molecule has 0 bridgehead atoms. The lowest BCUT2D eigenvalue weighted by Gasteiger charge is -2.36. The Morgan fingerprint density at radius 1 is 1.08 bits per heavy atom. The van der Waals surface area contributed by atoms with E-state index in [2.05, 4.69) is 5.32 Å². The molecule has 0 spiro atoms. The Morgan fingerprint density at radius 2 is 1.83 bits per heavy atom.